The summed E-state index contributed by atoms with van der Waals surface area (Å²) in [6.45, 7) is 1.91. The molecule has 0 unspecified atom stereocenters. The molecule has 17 heavy (non-hydrogen) atoms. The summed E-state index contributed by atoms with van der Waals surface area (Å²) < 4.78 is 31.2. The maximum atomic E-state index is 11.9. The molecule has 0 radical (unpaired) electrons. The Morgan fingerprint density at radius 1 is 1.47 bits per heavy atom. The highest BCUT2D eigenvalue weighted by Crippen LogP contribution is 2.21. The van der Waals surface area contributed by atoms with Crippen molar-refractivity contribution in [3.05, 3.63) is 28.2 Å². The first-order chi connectivity index (χ1) is 7.92. The lowest BCUT2D eigenvalue weighted by molar-refractivity contribution is 0.0596. The first-order valence-electron chi connectivity index (χ1n) is 4.80. The third kappa shape index (κ3) is 3.27. The van der Waals surface area contributed by atoms with Gasteiger partial charge < -0.3 is 4.74 Å². The lowest BCUT2D eigenvalue weighted by Gasteiger charge is -2.09. The fourth-order valence-electron chi connectivity index (χ4n) is 1.26. The van der Waals surface area contributed by atoms with Gasteiger partial charge in [0.25, 0.3) is 0 Å². The minimum absolute atomic E-state index is 0.0108. The van der Waals surface area contributed by atoms with Crippen LogP contribution in [0.1, 0.15) is 17.3 Å². The Kier molecular flexibility index (Phi) is 4.67. The number of hydrogen-bond donors (Lipinski definition) is 1. The summed E-state index contributed by atoms with van der Waals surface area (Å²) in [5, 5.41) is 0. The van der Waals surface area contributed by atoms with E-state index in [2.05, 4.69) is 25.4 Å². The van der Waals surface area contributed by atoms with Crippen LogP contribution in [-0.4, -0.2) is 28.0 Å². The minimum Gasteiger partial charge on any atom is -0.465 e. The number of benzene rings is 1. The van der Waals surface area contributed by atoms with Crippen LogP contribution in [-0.2, 0) is 14.8 Å². The van der Waals surface area contributed by atoms with Crippen LogP contribution in [0.2, 0.25) is 0 Å². The van der Waals surface area contributed by atoms with Gasteiger partial charge in [0, 0.05) is 11.0 Å². The summed E-state index contributed by atoms with van der Waals surface area (Å²) in [5.74, 6) is -0.686. The van der Waals surface area contributed by atoms with E-state index in [0.717, 1.165) is 0 Å². The number of rotatable bonds is 4. The molecule has 0 aromatic heterocycles. The van der Waals surface area contributed by atoms with E-state index in [1.165, 1.54) is 19.2 Å². The Morgan fingerprint density at radius 2 is 2.12 bits per heavy atom. The Balaban J connectivity index is 3.40. The Bertz CT molecular complexity index is 527. The first-order valence-corrected chi connectivity index (χ1v) is 7.07. The van der Waals surface area contributed by atoms with Gasteiger partial charge >= 0.3 is 5.97 Å². The zero-order valence-corrected chi connectivity index (χ0v) is 11.8. The smallest absolute Gasteiger partial charge is 0.339 e. The molecule has 0 aliphatic carbocycles. The number of esters is 1. The Morgan fingerprint density at radius 3 is 2.65 bits per heavy atom. The van der Waals surface area contributed by atoms with Crippen molar-refractivity contribution in [2.24, 2.45) is 0 Å². The third-order valence-corrected chi connectivity index (χ3v) is 4.05. The highest BCUT2D eigenvalue weighted by Gasteiger charge is 2.22. The summed E-state index contributed by atoms with van der Waals surface area (Å²) in [7, 11) is -2.50. The molecule has 0 heterocycles. The van der Waals surface area contributed by atoms with Gasteiger partial charge in [-0.2, -0.15) is 0 Å². The highest BCUT2D eigenvalue weighted by atomic mass is 79.9. The van der Waals surface area contributed by atoms with Crippen molar-refractivity contribution in [3.8, 4) is 0 Å². The number of sulfonamides is 1. The zero-order valence-electron chi connectivity index (χ0n) is 9.36. The molecule has 0 amide bonds. The molecule has 1 aromatic carbocycles. The predicted octanol–water partition coefficient (Wildman–Crippen LogP) is 1.53. The van der Waals surface area contributed by atoms with Crippen molar-refractivity contribution in [1.82, 2.24) is 4.72 Å². The highest BCUT2D eigenvalue weighted by molar-refractivity contribution is 9.10. The zero-order chi connectivity index (χ0) is 13.1. The predicted molar refractivity (Wildman–Crippen MR) is 66.3 cm³/mol. The van der Waals surface area contributed by atoms with Crippen molar-refractivity contribution in [2.45, 2.75) is 11.8 Å². The van der Waals surface area contributed by atoms with Crippen molar-refractivity contribution < 1.29 is 17.9 Å². The number of halogens is 1. The molecule has 0 aliphatic heterocycles. The molecule has 0 spiro atoms. The average molecular weight is 322 g/mol. The van der Waals surface area contributed by atoms with Crippen molar-refractivity contribution in [3.63, 3.8) is 0 Å². The van der Waals surface area contributed by atoms with E-state index in [9.17, 15) is 13.2 Å². The van der Waals surface area contributed by atoms with E-state index in [0.29, 0.717) is 4.47 Å². The van der Waals surface area contributed by atoms with E-state index in [1.54, 1.807) is 13.0 Å². The van der Waals surface area contributed by atoms with E-state index in [1.807, 2.05) is 0 Å². The van der Waals surface area contributed by atoms with Gasteiger partial charge in [-0.05, 0) is 18.2 Å². The average Bonchev–Trinajstić information content (AvgIpc) is 2.28. The summed E-state index contributed by atoms with van der Waals surface area (Å²) in [5.41, 5.74) is 0.0108. The molecule has 94 valence electrons. The maximum absolute atomic E-state index is 11.9. The molecular weight excluding hydrogens is 310 g/mol. The van der Waals surface area contributed by atoms with Crippen LogP contribution in [0.5, 0.6) is 0 Å². The Hall–Kier alpha value is -0.920. The summed E-state index contributed by atoms with van der Waals surface area (Å²) in [4.78, 5) is 11.4. The summed E-state index contributed by atoms with van der Waals surface area (Å²) in [6, 6.07) is 4.35. The largest absolute Gasteiger partial charge is 0.465 e. The quantitative estimate of drug-likeness (QED) is 0.854. The van der Waals surface area contributed by atoms with Crippen LogP contribution in [0, 0.1) is 0 Å². The minimum atomic E-state index is -3.70. The van der Waals surface area contributed by atoms with E-state index in [-0.39, 0.29) is 17.0 Å². The summed E-state index contributed by atoms with van der Waals surface area (Å²) in [6.07, 6.45) is 0. The second-order valence-electron chi connectivity index (χ2n) is 3.13. The van der Waals surface area contributed by atoms with Crippen LogP contribution in [0.4, 0.5) is 0 Å². The van der Waals surface area contributed by atoms with Gasteiger partial charge in [0.1, 0.15) is 0 Å². The normalized spacial score (nSPS) is 11.2. The monoisotopic (exact) mass is 321 g/mol. The molecule has 1 aromatic rings. The van der Waals surface area contributed by atoms with Crippen LogP contribution in [0.15, 0.2) is 27.6 Å². The lowest BCUT2D eigenvalue weighted by Crippen LogP contribution is -2.25. The molecule has 0 atom stereocenters. The van der Waals surface area contributed by atoms with Gasteiger partial charge in [-0.25, -0.2) is 17.9 Å². The number of carbonyl (C=O) groups is 1. The molecule has 1 N–H and O–H groups in total. The van der Waals surface area contributed by atoms with Gasteiger partial charge in [0.05, 0.1) is 17.6 Å². The molecule has 0 saturated heterocycles. The van der Waals surface area contributed by atoms with Gasteiger partial charge in [0.15, 0.2) is 0 Å². The molecule has 0 bridgehead atoms. The second kappa shape index (κ2) is 5.61. The van der Waals surface area contributed by atoms with E-state index >= 15 is 0 Å². The summed E-state index contributed by atoms with van der Waals surface area (Å²) >= 11 is 3.17. The van der Waals surface area contributed by atoms with Crippen LogP contribution in [0.25, 0.3) is 0 Å². The lowest BCUT2D eigenvalue weighted by atomic mass is 10.2. The molecule has 0 aliphatic rings. The fourth-order valence-corrected chi connectivity index (χ4v) is 3.04. The third-order valence-electron chi connectivity index (χ3n) is 1.97. The topological polar surface area (TPSA) is 72.5 Å². The van der Waals surface area contributed by atoms with Crippen LogP contribution >= 0.6 is 15.9 Å². The van der Waals surface area contributed by atoms with Crippen molar-refractivity contribution >= 4 is 31.9 Å². The molecule has 5 nitrogen and oxygen atoms in total. The van der Waals surface area contributed by atoms with Crippen molar-refractivity contribution in [1.29, 1.82) is 0 Å². The van der Waals surface area contributed by atoms with Gasteiger partial charge in [-0.3, -0.25) is 0 Å². The maximum Gasteiger partial charge on any atom is 0.339 e. The van der Waals surface area contributed by atoms with Gasteiger partial charge in [0.2, 0.25) is 10.0 Å². The first kappa shape index (κ1) is 14.1. The molecule has 1 rings (SSSR count). The molecule has 0 saturated carbocycles. The second-order valence-corrected chi connectivity index (χ2v) is 5.78. The molecule has 0 fully saturated rings. The Labute approximate surface area is 108 Å². The SMILES string of the molecule is CCNS(=O)(=O)c1cc(Br)ccc1C(=O)OC. The van der Waals surface area contributed by atoms with Crippen LogP contribution < -0.4 is 4.72 Å². The number of ether oxygens (including phenoxy) is 1. The standard InChI is InChI=1S/C10H12BrNO4S/c1-3-12-17(14,15)9-6-7(11)4-5-8(9)10(13)16-2/h4-6,12H,3H2,1-2H3. The van der Waals surface area contributed by atoms with Crippen LogP contribution in [0.3, 0.4) is 0 Å². The van der Waals surface area contributed by atoms with Gasteiger partial charge in [-0.1, -0.05) is 22.9 Å². The van der Waals surface area contributed by atoms with E-state index < -0.39 is 16.0 Å². The molecule has 7 heteroatoms. The molecular formula is C10H12BrNO4S. The van der Waals surface area contributed by atoms with Gasteiger partial charge in [-0.15, -0.1) is 0 Å². The number of methoxy groups -OCH3 is 1. The number of carbonyl (C=O) groups excluding carboxylic acids is 1. The number of hydrogen-bond acceptors (Lipinski definition) is 4. The van der Waals surface area contributed by atoms with E-state index in [4.69, 9.17) is 0 Å². The fraction of sp³-hybridized carbons (Fsp3) is 0.300. The van der Waals surface area contributed by atoms with Crippen molar-refractivity contribution in [2.75, 3.05) is 13.7 Å². The number of nitrogens with one attached hydrogen (secondary N) is 1.